The number of ether oxygens (including phenoxy) is 3. The summed E-state index contributed by atoms with van der Waals surface area (Å²) in [6.45, 7) is 14.6. The van der Waals surface area contributed by atoms with Crippen LogP contribution >= 0.6 is 0 Å². The van der Waals surface area contributed by atoms with Crippen LogP contribution in [-0.4, -0.2) is 86.3 Å². The van der Waals surface area contributed by atoms with Gasteiger partial charge in [0.05, 0.1) is 33.1 Å². The van der Waals surface area contributed by atoms with Gasteiger partial charge in [-0.2, -0.15) is 0 Å². The molecule has 2 N–H and O–H groups in total. The van der Waals surface area contributed by atoms with Gasteiger partial charge in [-0.05, 0) is 79.6 Å². The van der Waals surface area contributed by atoms with Gasteiger partial charge in [0.2, 0.25) is 23.0 Å². The van der Waals surface area contributed by atoms with Gasteiger partial charge in [0.15, 0.2) is 11.5 Å². The molecule has 11 nitrogen and oxygen atoms in total. The van der Waals surface area contributed by atoms with Crippen molar-refractivity contribution in [1.82, 2.24) is 19.7 Å². The first kappa shape index (κ1) is 36.8. The Hall–Kier alpha value is -4.51. The predicted molar refractivity (Wildman–Crippen MR) is 196 cm³/mol. The SMILES string of the molecule is CCC(C)C(Nc1ccc2c(cc1=O)C(NC(C)=O)CCc1cc(OC)c(OC)c(OC)c1-2)C(=O)N1CCN(CCn2c(C)ccc2C)CC1. The Morgan fingerprint density at radius 1 is 0.920 bits per heavy atom. The highest BCUT2D eigenvalue weighted by atomic mass is 16.5. The van der Waals surface area contributed by atoms with Crippen molar-refractivity contribution >= 4 is 17.5 Å². The zero-order valence-electron chi connectivity index (χ0n) is 30.9. The number of carbonyl (C=O) groups is 2. The van der Waals surface area contributed by atoms with Crippen LogP contribution in [0.2, 0.25) is 0 Å². The summed E-state index contributed by atoms with van der Waals surface area (Å²) in [4.78, 5) is 44.9. The van der Waals surface area contributed by atoms with Gasteiger partial charge in [0, 0.05) is 63.1 Å². The third-order valence-corrected chi connectivity index (χ3v) is 10.4. The standard InChI is InChI=1S/C39H53N5O6/c1-9-24(2)36(39(47)43-19-16-42(17-20-43)18-21-44-25(3)10-11-26(44)4)41-32-15-13-29-30(23-33(32)46)31(40-27(5)45)14-12-28-22-34(48-6)37(49-7)38(50-8)35(28)29/h10-11,13,15,22-24,31,36H,9,12,14,16-21H2,1-8H3,(H,40,45)(H,41,46). The fourth-order valence-electron chi connectivity index (χ4n) is 7.36. The number of hydrogen-bond acceptors (Lipinski definition) is 8. The maximum atomic E-state index is 14.1. The molecule has 1 aliphatic heterocycles. The molecule has 5 rings (SSSR count). The van der Waals surface area contributed by atoms with Crippen molar-refractivity contribution < 1.29 is 23.8 Å². The zero-order chi connectivity index (χ0) is 36.1. The number of anilines is 1. The molecular weight excluding hydrogens is 634 g/mol. The van der Waals surface area contributed by atoms with Crippen molar-refractivity contribution in [2.24, 2.45) is 5.92 Å². The first-order valence-corrected chi connectivity index (χ1v) is 17.7. The topological polar surface area (TPSA) is 114 Å². The Morgan fingerprint density at radius 2 is 1.60 bits per heavy atom. The van der Waals surface area contributed by atoms with Crippen molar-refractivity contribution in [1.29, 1.82) is 0 Å². The van der Waals surface area contributed by atoms with Crippen LogP contribution in [0.4, 0.5) is 5.69 Å². The predicted octanol–water partition coefficient (Wildman–Crippen LogP) is 4.95. The normalized spacial score (nSPS) is 17.1. The van der Waals surface area contributed by atoms with E-state index in [9.17, 15) is 14.4 Å². The van der Waals surface area contributed by atoms with E-state index in [1.165, 1.54) is 18.3 Å². The molecule has 0 saturated carbocycles. The van der Waals surface area contributed by atoms with E-state index < -0.39 is 12.1 Å². The molecule has 1 aromatic heterocycles. The van der Waals surface area contributed by atoms with Gasteiger partial charge in [0.1, 0.15) is 6.04 Å². The number of rotatable bonds is 12. The van der Waals surface area contributed by atoms with E-state index in [4.69, 9.17) is 14.2 Å². The van der Waals surface area contributed by atoms with E-state index >= 15 is 0 Å². The Labute approximate surface area is 295 Å². The second-order valence-electron chi connectivity index (χ2n) is 13.5. The average Bonchev–Trinajstić information content (AvgIpc) is 3.25. The van der Waals surface area contributed by atoms with Gasteiger partial charge in [-0.25, -0.2) is 0 Å². The molecule has 2 heterocycles. The van der Waals surface area contributed by atoms with E-state index in [0.29, 0.717) is 54.4 Å². The fourth-order valence-corrected chi connectivity index (χ4v) is 7.36. The van der Waals surface area contributed by atoms with Crippen LogP contribution in [0, 0.1) is 19.8 Å². The molecule has 3 atom stereocenters. The van der Waals surface area contributed by atoms with Crippen LogP contribution in [0.3, 0.4) is 0 Å². The number of aryl methyl sites for hydroxylation is 3. The summed E-state index contributed by atoms with van der Waals surface area (Å²) < 4.78 is 19.6. The van der Waals surface area contributed by atoms with Crippen molar-refractivity contribution in [3.05, 3.63) is 69.1 Å². The number of benzene rings is 1. The summed E-state index contributed by atoms with van der Waals surface area (Å²) in [5, 5.41) is 6.44. The molecule has 11 heteroatoms. The molecule has 50 heavy (non-hydrogen) atoms. The molecule has 0 spiro atoms. The van der Waals surface area contributed by atoms with Gasteiger partial charge < -0.3 is 34.3 Å². The van der Waals surface area contributed by atoms with Gasteiger partial charge >= 0.3 is 0 Å². The lowest BCUT2D eigenvalue weighted by Crippen LogP contribution is -2.54. The summed E-state index contributed by atoms with van der Waals surface area (Å²) >= 11 is 0. The number of hydrogen-bond donors (Lipinski definition) is 2. The molecule has 3 aromatic rings. The highest BCUT2D eigenvalue weighted by molar-refractivity contribution is 5.86. The van der Waals surface area contributed by atoms with Crippen molar-refractivity contribution in [3.63, 3.8) is 0 Å². The summed E-state index contributed by atoms with van der Waals surface area (Å²) in [5.74, 6) is 1.27. The maximum Gasteiger partial charge on any atom is 0.245 e. The highest BCUT2D eigenvalue weighted by Crippen LogP contribution is 2.50. The van der Waals surface area contributed by atoms with E-state index in [-0.39, 0.29) is 23.2 Å². The van der Waals surface area contributed by atoms with Crippen LogP contribution in [0.1, 0.15) is 62.2 Å². The number of amides is 2. The number of piperazine rings is 1. The Balaban J connectivity index is 1.45. The van der Waals surface area contributed by atoms with Crippen molar-refractivity contribution in [2.75, 3.05) is 59.4 Å². The fraction of sp³-hybridized carbons (Fsp3) is 0.513. The van der Waals surface area contributed by atoms with Crippen LogP contribution in [0.15, 0.2) is 41.2 Å². The highest BCUT2D eigenvalue weighted by Gasteiger charge is 2.33. The Bertz CT molecular complexity index is 1740. The minimum atomic E-state index is -0.580. The average molecular weight is 688 g/mol. The molecule has 1 aliphatic carbocycles. The molecular formula is C39H53N5O6. The van der Waals surface area contributed by atoms with Crippen LogP contribution < -0.4 is 30.3 Å². The summed E-state index contributed by atoms with van der Waals surface area (Å²) in [7, 11) is 4.72. The molecule has 1 fully saturated rings. The molecule has 1 saturated heterocycles. The maximum absolute atomic E-state index is 14.1. The minimum Gasteiger partial charge on any atom is -0.493 e. The van der Waals surface area contributed by atoms with Gasteiger partial charge in [-0.1, -0.05) is 26.3 Å². The number of carbonyl (C=O) groups excluding carboxylic acids is 2. The summed E-state index contributed by atoms with van der Waals surface area (Å²) in [5.41, 5.74) is 5.74. The van der Waals surface area contributed by atoms with Gasteiger partial charge in [0.25, 0.3) is 0 Å². The minimum absolute atomic E-state index is 0.00328. The number of aromatic nitrogens is 1. The van der Waals surface area contributed by atoms with E-state index in [2.05, 4.69) is 53.0 Å². The number of fused-ring (bicyclic) bond motifs is 3. The van der Waals surface area contributed by atoms with Crippen LogP contribution in [0.25, 0.3) is 11.1 Å². The van der Waals surface area contributed by atoms with E-state index in [0.717, 1.165) is 49.3 Å². The largest absolute Gasteiger partial charge is 0.493 e. The molecule has 2 aliphatic rings. The number of nitrogens with one attached hydrogen (secondary N) is 2. The monoisotopic (exact) mass is 687 g/mol. The summed E-state index contributed by atoms with van der Waals surface area (Å²) in [6.07, 6.45) is 1.94. The Morgan fingerprint density at radius 3 is 2.20 bits per heavy atom. The van der Waals surface area contributed by atoms with Crippen LogP contribution in [-0.2, 0) is 22.6 Å². The molecule has 2 aromatic carbocycles. The van der Waals surface area contributed by atoms with Crippen molar-refractivity contribution in [2.45, 2.75) is 72.5 Å². The third-order valence-electron chi connectivity index (χ3n) is 10.4. The number of methoxy groups -OCH3 is 3. The molecule has 3 unspecified atom stereocenters. The Kier molecular flexibility index (Phi) is 11.8. The first-order chi connectivity index (χ1) is 24.0. The lowest BCUT2D eigenvalue weighted by atomic mass is 9.95. The van der Waals surface area contributed by atoms with Crippen molar-refractivity contribution in [3.8, 4) is 28.4 Å². The number of nitrogens with zero attached hydrogens (tertiary/aromatic N) is 3. The first-order valence-electron chi connectivity index (χ1n) is 17.7. The molecule has 2 amide bonds. The van der Waals surface area contributed by atoms with Gasteiger partial charge in [-0.3, -0.25) is 19.3 Å². The van der Waals surface area contributed by atoms with E-state index in [1.807, 2.05) is 24.0 Å². The lowest BCUT2D eigenvalue weighted by Gasteiger charge is -2.38. The molecule has 0 radical (unpaired) electrons. The molecule has 270 valence electrons. The quantitative estimate of drug-likeness (QED) is 0.275. The van der Waals surface area contributed by atoms with Gasteiger partial charge in [-0.15, -0.1) is 0 Å². The molecule has 0 bridgehead atoms. The smallest absolute Gasteiger partial charge is 0.245 e. The zero-order valence-corrected chi connectivity index (χ0v) is 30.9. The lowest BCUT2D eigenvalue weighted by molar-refractivity contribution is -0.134. The summed E-state index contributed by atoms with van der Waals surface area (Å²) in [6, 6.07) is 10.5. The van der Waals surface area contributed by atoms with E-state index in [1.54, 1.807) is 33.5 Å². The van der Waals surface area contributed by atoms with Crippen LogP contribution in [0.5, 0.6) is 17.2 Å². The third kappa shape index (κ3) is 7.62. The second kappa shape index (κ2) is 16.0. The second-order valence-corrected chi connectivity index (χ2v) is 13.5.